The van der Waals surface area contributed by atoms with Gasteiger partial charge in [-0.15, -0.1) is 0 Å². The molecule has 2 unspecified atom stereocenters. The second-order valence-electron chi connectivity index (χ2n) is 18.8. The summed E-state index contributed by atoms with van der Waals surface area (Å²) in [6.45, 7) is -0.612. The molecular weight excluding hydrogens is 875 g/mol. The number of amides is 1. The van der Waals surface area contributed by atoms with Crippen LogP contribution in [0.2, 0.25) is 0 Å². The summed E-state index contributed by atoms with van der Waals surface area (Å²) in [6.07, 6.45) is 9.77. The zero-order valence-electron chi connectivity index (χ0n) is 39.6. The molecule has 9 N–H and O–H groups in total. The first-order valence-electron chi connectivity index (χ1n) is 24.7. The molecule has 0 aromatic carbocycles. The van der Waals surface area contributed by atoms with Crippen molar-refractivity contribution in [3.63, 3.8) is 0 Å². The van der Waals surface area contributed by atoms with E-state index in [1.165, 1.54) is 51.4 Å². The summed E-state index contributed by atoms with van der Waals surface area (Å²) >= 11 is 0. The lowest BCUT2D eigenvalue weighted by Gasteiger charge is -2.43. The normalized spacial score (nSPS) is 29.0. The lowest BCUT2D eigenvalue weighted by molar-refractivity contribution is -0.362. The van der Waals surface area contributed by atoms with E-state index in [0.717, 1.165) is 40.2 Å². The average molecular weight is 954 g/mol. The van der Waals surface area contributed by atoms with Crippen molar-refractivity contribution in [2.24, 2.45) is 5.92 Å². The van der Waals surface area contributed by atoms with Crippen LogP contribution in [0, 0.1) is 19.8 Å². The molecule has 2 saturated heterocycles. The third-order valence-electron chi connectivity index (χ3n) is 13.6. The summed E-state index contributed by atoms with van der Waals surface area (Å²) < 4.78 is 56.9. The topological polar surface area (TPSA) is 236 Å². The van der Waals surface area contributed by atoms with E-state index in [9.17, 15) is 45.6 Å². The third-order valence-corrected chi connectivity index (χ3v) is 13.6. The fraction of sp³-hybridized carbons (Fsp3) is 0.750. The van der Waals surface area contributed by atoms with Crippen molar-refractivity contribution < 1.29 is 77.7 Å². The number of nitrogens with one attached hydrogen (secondary N) is 1. The van der Waals surface area contributed by atoms with Crippen LogP contribution in [0.15, 0.2) is 36.1 Å². The molecule has 16 nitrogen and oxygen atoms in total. The number of rotatable bonds is 29. The Morgan fingerprint density at radius 2 is 1.49 bits per heavy atom. The van der Waals surface area contributed by atoms with Crippen LogP contribution >= 0.6 is 0 Å². The van der Waals surface area contributed by atoms with E-state index in [1.54, 1.807) is 37.3 Å². The monoisotopic (exact) mass is 954 g/mol. The van der Waals surface area contributed by atoms with Gasteiger partial charge < -0.3 is 82.7 Å². The lowest BCUT2D eigenvalue weighted by atomic mass is 9.89. The summed E-state index contributed by atoms with van der Waals surface area (Å²) in [6, 6.07) is 0.738. The molecular formula is C48H78BF2N3O13. The first kappa shape index (κ1) is 55.0. The van der Waals surface area contributed by atoms with Gasteiger partial charge in [0, 0.05) is 42.7 Å². The molecule has 5 rings (SSSR count). The van der Waals surface area contributed by atoms with Crippen LogP contribution in [0.1, 0.15) is 127 Å². The van der Waals surface area contributed by atoms with E-state index in [2.05, 4.69) is 12.2 Å². The Morgan fingerprint density at radius 1 is 0.836 bits per heavy atom. The summed E-state index contributed by atoms with van der Waals surface area (Å²) in [5.41, 5.74) is 2.66. The van der Waals surface area contributed by atoms with Crippen molar-refractivity contribution in [3.05, 3.63) is 53.0 Å². The predicted octanol–water partition coefficient (Wildman–Crippen LogP) is 3.30. The van der Waals surface area contributed by atoms with Gasteiger partial charge in [0.2, 0.25) is 5.91 Å². The zero-order chi connectivity index (χ0) is 48.7. The maximum atomic E-state index is 15.9. The molecule has 12 atom stereocenters. The van der Waals surface area contributed by atoms with Crippen LogP contribution < -0.4 is 5.32 Å². The number of carbonyl (C=O) groups is 1. The molecule has 1 amide bonds. The highest BCUT2D eigenvalue weighted by Crippen LogP contribution is 2.35. The minimum atomic E-state index is -4.10. The number of halogens is 2. The number of allylic oxidation sites excluding steroid dienone is 3. The van der Waals surface area contributed by atoms with Gasteiger partial charge in [-0.25, -0.2) is 0 Å². The lowest BCUT2D eigenvalue weighted by Crippen LogP contribution is -2.60. The number of aromatic nitrogens is 1. The summed E-state index contributed by atoms with van der Waals surface area (Å²) in [4.78, 5) is 13.4. The molecule has 5 heterocycles. The number of fused-ring (bicyclic) bond motifs is 2. The summed E-state index contributed by atoms with van der Waals surface area (Å²) in [5, 5.41) is 86.6. The van der Waals surface area contributed by atoms with Gasteiger partial charge in [-0.2, -0.15) is 0 Å². The number of hydrogen-bond acceptors (Lipinski definition) is 13. The van der Waals surface area contributed by atoms with Crippen LogP contribution in [0.5, 0.6) is 0 Å². The van der Waals surface area contributed by atoms with E-state index < -0.39 is 99.3 Å². The SMILES string of the molecule is CCCCCCCCCCCCC/C=C/C(O)C(CO[C@@H]1O[C@H](CO)[C@@H](COC[C@@H]2O[C@H](CO)[C@H](O)[C@H](O)[C@H]2O)[C@H](O)[C@H]1O)NC(=O)CCCCC1=[N+]2C(=Cc3c(C)cc(C)n3[B-]2(F)F)C=C1. The Morgan fingerprint density at radius 3 is 2.16 bits per heavy atom. The molecule has 0 bridgehead atoms. The number of unbranched alkanes of at least 4 members (excludes halogenated alkanes) is 12. The minimum absolute atomic E-state index is 0.0333. The van der Waals surface area contributed by atoms with Gasteiger partial charge in [0.05, 0.1) is 57.4 Å². The molecule has 0 radical (unpaired) electrons. The molecule has 4 aliphatic rings. The molecule has 380 valence electrons. The largest absolute Gasteiger partial charge is 0.737 e. The van der Waals surface area contributed by atoms with Crippen LogP contribution in [-0.4, -0.2) is 169 Å². The van der Waals surface area contributed by atoms with Crippen molar-refractivity contribution in [3.8, 4) is 0 Å². The van der Waals surface area contributed by atoms with E-state index in [1.807, 2.05) is 13.0 Å². The number of nitrogens with zero attached hydrogens (tertiary/aromatic N) is 2. The second kappa shape index (κ2) is 26.9. The van der Waals surface area contributed by atoms with Crippen molar-refractivity contribution in [1.82, 2.24) is 9.79 Å². The van der Waals surface area contributed by atoms with E-state index >= 15 is 8.63 Å². The molecule has 4 aliphatic heterocycles. The first-order chi connectivity index (χ1) is 32.1. The van der Waals surface area contributed by atoms with Crippen molar-refractivity contribution in [2.45, 2.75) is 191 Å². The standard InChI is InChI=1S/C48H78BF2N3O13/c1-4-5-6-7-8-9-10-11-12-13-14-15-16-20-38(57)36(52-42(58)21-18-17-19-33-22-23-34-25-37-31(2)24-32(3)53(37)49(50,51)54(33)34)29-65-48-47(63)43(59)35(39(26-55)67-48)28-64-30-41-45(61)46(62)44(60)40(27-56)66-41/h16,20,22-25,35-36,38-41,43-48,55-57,59-63H,4-15,17-19,21,26-30H2,1-3H3,(H,52,58)/b20-16+/t35-,36?,38?,39-,40-,41+,43+,44+,45+,46+,47-,48-/m1/s1. The smallest absolute Gasteiger partial charge is 0.394 e. The quantitative estimate of drug-likeness (QED) is 0.0319. The molecule has 0 spiro atoms. The van der Waals surface area contributed by atoms with Crippen LogP contribution in [0.25, 0.3) is 6.08 Å². The van der Waals surface area contributed by atoms with Crippen LogP contribution in [0.3, 0.4) is 0 Å². The Kier molecular flexibility index (Phi) is 22.1. The molecule has 19 heteroatoms. The Labute approximate surface area is 394 Å². The minimum Gasteiger partial charge on any atom is -0.394 e. The van der Waals surface area contributed by atoms with Gasteiger partial charge in [-0.3, -0.25) is 4.79 Å². The zero-order valence-corrected chi connectivity index (χ0v) is 39.6. The number of aliphatic hydroxyl groups excluding tert-OH is 8. The highest BCUT2D eigenvalue weighted by atomic mass is 19.2. The van der Waals surface area contributed by atoms with E-state index in [4.69, 9.17) is 18.9 Å². The average Bonchev–Trinajstić information content (AvgIpc) is 3.86. The number of aliphatic hydroxyl groups is 8. The highest BCUT2D eigenvalue weighted by molar-refractivity contribution is 6.58. The number of carbonyl (C=O) groups excluding carboxylic acids is 1. The fourth-order valence-electron chi connectivity index (χ4n) is 9.63. The van der Waals surface area contributed by atoms with Gasteiger partial charge in [0.25, 0.3) is 0 Å². The van der Waals surface area contributed by atoms with Crippen LogP contribution in [0.4, 0.5) is 8.63 Å². The number of hydrogen-bond donors (Lipinski definition) is 9. The Hall–Kier alpha value is -2.92. The number of ether oxygens (including phenoxy) is 4. The summed E-state index contributed by atoms with van der Waals surface area (Å²) in [5.74, 6) is -1.41. The molecule has 67 heavy (non-hydrogen) atoms. The Bertz CT molecular complexity index is 1830. The molecule has 0 aliphatic carbocycles. The van der Waals surface area contributed by atoms with E-state index in [0.29, 0.717) is 42.1 Å². The fourth-order valence-corrected chi connectivity index (χ4v) is 9.63. The van der Waals surface area contributed by atoms with Gasteiger partial charge in [-0.05, 0) is 56.9 Å². The maximum absolute atomic E-state index is 15.9. The van der Waals surface area contributed by atoms with Gasteiger partial charge >= 0.3 is 6.97 Å². The Balaban J connectivity index is 1.13. The maximum Gasteiger partial charge on any atom is 0.737 e. The second-order valence-corrected chi connectivity index (χ2v) is 18.8. The summed E-state index contributed by atoms with van der Waals surface area (Å²) in [7, 11) is 0. The molecule has 1 aromatic heterocycles. The van der Waals surface area contributed by atoms with Crippen molar-refractivity contribution in [1.29, 1.82) is 0 Å². The molecule has 2 fully saturated rings. The van der Waals surface area contributed by atoms with Gasteiger partial charge in [-0.1, -0.05) is 83.3 Å². The van der Waals surface area contributed by atoms with Gasteiger partial charge in [0.15, 0.2) is 12.0 Å². The van der Waals surface area contributed by atoms with Gasteiger partial charge in [0.1, 0.15) is 42.3 Å². The molecule has 1 aromatic rings. The van der Waals surface area contributed by atoms with Crippen molar-refractivity contribution >= 4 is 24.7 Å². The predicted molar refractivity (Wildman–Crippen MR) is 248 cm³/mol. The highest BCUT2D eigenvalue weighted by Gasteiger charge is 2.52. The first-order valence-corrected chi connectivity index (χ1v) is 24.7. The number of aryl methyl sites for hydroxylation is 2. The molecule has 0 saturated carbocycles. The third kappa shape index (κ3) is 14.6. The van der Waals surface area contributed by atoms with E-state index in [-0.39, 0.29) is 26.2 Å². The van der Waals surface area contributed by atoms with Crippen LogP contribution in [-0.2, 0) is 23.7 Å². The van der Waals surface area contributed by atoms with Crippen molar-refractivity contribution in [2.75, 3.05) is 33.0 Å².